The van der Waals surface area contributed by atoms with Gasteiger partial charge in [-0.3, -0.25) is 4.90 Å². The predicted molar refractivity (Wildman–Crippen MR) is 86.2 cm³/mol. The molecule has 1 unspecified atom stereocenters. The zero-order valence-electron chi connectivity index (χ0n) is 13.7. The van der Waals surface area contributed by atoms with Crippen molar-refractivity contribution in [3.63, 3.8) is 0 Å². The Morgan fingerprint density at radius 2 is 1.90 bits per heavy atom. The van der Waals surface area contributed by atoms with Crippen LogP contribution in [0.3, 0.4) is 0 Å². The molecule has 2 rings (SSSR count). The average molecular weight is 292 g/mol. The number of rotatable bonds is 6. The fourth-order valence-corrected chi connectivity index (χ4v) is 3.11. The topological polar surface area (TPSA) is 33.7 Å². The Kier molecular flexibility index (Phi) is 5.88. The summed E-state index contributed by atoms with van der Waals surface area (Å²) in [5.74, 6) is 2.36. The first-order chi connectivity index (χ1) is 10.2. The number of methoxy groups -OCH3 is 2. The van der Waals surface area contributed by atoms with Crippen molar-refractivity contribution in [1.29, 1.82) is 0 Å². The number of piperazine rings is 1. The fourth-order valence-electron chi connectivity index (χ4n) is 3.11. The minimum atomic E-state index is 0.401. The Labute approximate surface area is 128 Å². The highest BCUT2D eigenvalue weighted by molar-refractivity contribution is 5.42. The number of nitrogens with one attached hydrogen (secondary N) is 1. The van der Waals surface area contributed by atoms with E-state index in [0.717, 1.165) is 44.1 Å². The summed E-state index contributed by atoms with van der Waals surface area (Å²) in [5, 5.41) is 3.43. The van der Waals surface area contributed by atoms with E-state index in [1.807, 2.05) is 12.1 Å². The number of hydrogen-bond acceptors (Lipinski definition) is 4. The summed E-state index contributed by atoms with van der Waals surface area (Å²) >= 11 is 0. The van der Waals surface area contributed by atoms with E-state index in [-0.39, 0.29) is 0 Å². The molecule has 1 aliphatic heterocycles. The Balaban J connectivity index is 2.35. The lowest BCUT2D eigenvalue weighted by atomic mass is 9.90. The molecular formula is C17H28N2O2. The van der Waals surface area contributed by atoms with E-state index >= 15 is 0 Å². The van der Waals surface area contributed by atoms with E-state index in [1.54, 1.807) is 14.2 Å². The number of benzene rings is 1. The quantitative estimate of drug-likeness (QED) is 0.874. The molecule has 1 aliphatic rings. The molecule has 4 nitrogen and oxygen atoms in total. The molecule has 1 aromatic rings. The van der Waals surface area contributed by atoms with Crippen molar-refractivity contribution in [2.75, 3.05) is 40.4 Å². The van der Waals surface area contributed by atoms with E-state index in [1.165, 1.54) is 5.56 Å². The first-order valence-electron chi connectivity index (χ1n) is 7.88. The monoisotopic (exact) mass is 292 g/mol. The largest absolute Gasteiger partial charge is 0.497 e. The highest BCUT2D eigenvalue weighted by Gasteiger charge is 2.28. The third-order valence-corrected chi connectivity index (χ3v) is 4.49. The van der Waals surface area contributed by atoms with Gasteiger partial charge in [0, 0.05) is 43.9 Å². The van der Waals surface area contributed by atoms with Crippen molar-refractivity contribution in [2.45, 2.75) is 26.3 Å². The molecule has 21 heavy (non-hydrogen) atoms. The van der Waals surface area contributed by atoms with Gasteiger partial charge in [0.15, 0.2) is 0 Å². The van der Waals surface area contributed by atoms with Gasteiger partial charge in [0.1, 0.15) is 11.5 Å². The van der Waals surface area contributed by atoms with Crippen LogP contribution in [0.15, 0.2) is 18.2 Å². The van der Waals surface area contributed by atoms with Crippen molar-refractivity contribution >= 4 is 0 Å². The highest BCUT2D eigenvalue weighted by atomic mass is 16.5. The Morgan fingerprint density at radius 3 is 2.48 bits per heavy atom. The normalized spacial score (nSPS) is 19.0. The molecule has 2 atom stereocenters. The predicted octanol–water partition coefficient (Wildman–Crippen LogP) is 2.70. The van der Waals surface area contributed by atoms with Gasteiger partial charge in [0.2, 0.25) is 0 Å². The maximum absolute atomic E-state index is 5.63. The van der Waals surface area contributed by atoms with Gasteiger partial charge in [-0.05, 0) is 12.0 Å². The van der Waals surface area contributed by atoms with Crippen LogP contribution >= 0.6 is 0 Å². The summed E-state index contributed by atoms with van der Waals surface area (Å²) in [4.78, 5) is 2.58. The van der Waals surface area contributed by atoms with Crippen LogP contribution < -0.4 is 14.8 Å². The molecule has 0 spiro atoms. The molecule has 1 heterocycles. The van der Waals surface area contributed by atoms with Gasteiger partial charge in [0.05, 0.1) is 14.2 Å². The standard InChI is InChI=1S/C17H28N2O2/c1-5-13(2)17(19-10-8-18-9-11-19)15-7-6-14(20-3)12-16(15)21-4/h6-7,12-13,17-18H,5,8-11H2,1-4H3/t13?,17-/m1/s1. The van der Waals surface area contributed by atoms with Crippen LogP contribution in [0.5, 0.6) is 11.5 Å². The molecule has 118 valence electrons. The molecular weight excluding hydrogens is 264 g/mol. The second-order valence-electron chi connectivity index (χ2n) is 5.72. The molecule has 1 saturated heterocycles. The van der Waals surface area contributed by atoms with Gasteiger partial charge < -0.3 is 14.8 Å². The van der Waals surface area contributed by atoms with Crippen LogP contribution in [0, 0.1) is 5.92 Å². The van der Waals surface area contributed by atoms with E-state index in [9.17, 15) is 0 Å². The second kappa shape index (κ2) is 7.66. The van der Waals surface area contributed by atoms with Crippen molar-refractivity contribution in [3.8, 4) is 11.5 Å². The van der Waals surface area contributed by atoms with Crippen molar-refractivity contribution < 1.29 is 9.47 Å². The Bertz CT molecular complexity index is 444. The molecule has 0 saturated carbocycles. The zero-order valence-corrected chi connectivity index (χ0v) is 13.7. The van der Waals surface area contributed by atoms with Crippen molar-refractivity contribution in [3.05, 3.63) is 23.8 Å². The number of ether oxygens (including phenoxy) is 2. The maximum atomic E-state index is 5.63. The van der Waals surface area contributed by atoms with Gasteiger partial charge in [0.25, 0.3) is 0 Å². The molecule has 4 heteroatoms. The third-order valence-electron chi connectivity index (χ3n) is 4.49. The first-order valence-corrected chi connectivity index (χ1v) is 7.88. The molecule has 1 aromatic carbocycles. The van der Waals surface area contributed by atoms with Crippen LogP contribution in [0.1, 0.15) is 31.9 Å². The fraction of sp³-hybridized carbons (Fsp3) is 0.647. The molecule has 0 radical (unpaired) electrons. The second-order valence-corrected chi connectivity index (χ2v) is 5.72. The van der Waals surface area contributed by atoms with Crippen molar-refractivity contribution in [1.82, 2.24) is 10.2 Å². The number of hydrogen-bond donors (Lipinski definition) is 1. The molecule has 0 aromatic heterocycles. The lowest BCUT2D eigenvalue weighted by molar-refractivity contribution is 0.126. The lowest BCUT2D eigenvalue weighted by Gasteiger charge is -2.39. The van der Waals surface area contributed by atoms with Crippen LogP contribution in [0.25, 0.3) is 0 Å². The van der Waals surface area contributed by atoms with Gasteiger partial charge in [-0.15, -0.1) is 0 Å². The van der Waals surface area contributed by atoms with Crippen molar-refractivity contribution in [2.24, 2.45) is 5.92 Å². The van der Waals surface area contributed by atoms with Crippen LogP contribution in [0.4, 0.5) is 0 Å². The van der Waals surface area contributed by atoms with Crippen LogP contribution in [-0.2, 0) is 0 Å². The number of nitrogens with zero attached hydrogens (tertiary/aromatic N) is 1. The maximum Gasteiger partial charge on any atom is 0.127 e. The first kappa shape index (κ1) is 16.1. The molecule has 0 bridgehead atoms. The van der Waals surface area contributed by atoms with E-state index in [0.29, 0.717) is 12.0 Å². The summed E-state index contributed by atoms with van der Waals surface area (Å²) < 4.78 is 11.0. The summed E-state index contributed by atoms with van der Waals surface area (Å²) in [6.07, 6.45) is 1.16. The van der Waals surface area contributed by atoms with Gasteiger partial charge in [-0.25, -0.2) is 0 Å². The van der Waals surface area contributed by atoms with Crippen LogP contribution in [0.2, 0.25) is 0 Å². The smallest absolute Gasteiger partial charge is 0.127 e. The van der Waals surface area contributed by atoms with Crippen LogP contribution in [-0.4, -0.2) is 45.3 Å². The summed E-state index contributed by atoms with van der Waals surface area (Å²) in [5.41, 5.74) is 1.27. The SMILES string of the molecule is CCC(C)[C@H](c1ccc(OC)cc1OC)N1CCNCC1. The minimum absolute atomic E-state index is 0.401. The van der Waals surface area contributed by atoms with Gasteiger partial charge in [-0.1, -0.05) is 26.3 Å². The third kappa shape index (κ3) is 3.69. The van der Waals surface area contributed by atoms with E-state index in [2.05, 4.69) is 30.1 Å². The van der Waals surface area contributed by atoms with Gasteiger partial charge in [-0.2, -0.15) is 0 Å². The molecule has 1 fully saturated rings. The van der Waals surface area contributed by atoms with Gasteiger partial charge >= 0.3 is 0 Å². The average Bonchev–Trinajstić information content (AvgIpc) is 2.56. The Morgan fingerprint density at radius 1 is 1.19 bits per heavy atom. The summed E-state index contributed by atoms with van der Waals surface area (Å²) in [6, 6.07) is 6.59. The molecule has 0 aliphatic carbocycles. The zero-order chi connectivity index (χ0) is 15.2. The molecule has 1 N–H and O–H groups in total. The Hall–Kier alpha value is -1.26. The lowest BCUT2D eigenvalue weighted by Crippen LogP contribution is -2.46. The summed E-state index contributed by atoms with van der Waals surface area (Å²) in [6.45, 7) is 8.89. The molecule has 0 amide bonds. The van der Waals surface area contributed by atoms with E-state index < -0.39 is 0 Å². The summed E-state index contributed by atoms with van der Waals surface area (Å²) in [7, 11) is 3.43. The minimum Gasteiger partial charge on any atom is -0.497 e. The highest BCUT2D eigenvalue weighted by Crippen LogP contribution is 2.38. The van der Waals surface area contributed by atoms with E-state index in [4.69, 9.17) is 9.47 Å².